The molecule has 0 radical (unpaired) electrons. The summed E-state index contributed by atoms with van der Waals surface area (Å²) in [5, 5.41) is 13.6. The molecular weight excluding hydrogens is 230 g/mol. The predicted octanol–water partition coefficient (Wildman–Crippen LogP) is 2.05. The first-order valence-corrected chi connectivity index (χ1v) is 6.47. The summed E-state index contributed by atoms with van der Waals surface area (Å²) >= 11 is 0. The van der Waals surface area contributed by atoms with Crippen LogP contribution in [0, 0.1) is 12.8 Å². The summed E-state index contributed by atoms with van der Waals surface area (Å²) in [6.07, 6.45) is 2.24. The molecule has 2 heterocycles. The molecule has 1 aromatic rings. The number of carbonyl (C=O) groups is 1. The zero-order chi connectivity index (χ0) is 13.4. The van der Waals surface area contributed by atoms with Crippen molar-refractivity contribution in [2.75, 3.05) is 11.4 Å². The van der Waals surface area contributed by atoms with Gasteiger partial charge in [0.25, 0.3) is 0 Å². The Morgan fingerprint density at radius 1 is 1.50 bits per heavy atom. The van der Waals surface area contributed by atoms with Gasteiger partial charge in [-0.2, -0.15) is 5.10 Å². The van der Waals surface area contributed by atoms with Gasteiger partial charge in [-0.1, -0.05) is 13.8 Å². The molecule has 2 rings (SSSR count). The molecule has 18 heavy (non-hydrogen) atoms. The number of hydrogen-bond donors (Lipinski definition) is 1. The molecule has 0 aromatic carbocycles. The van der Waals surface area contributed by atoms with E-state index in [9.17, 15) is 9.90 Å². The summed E-state index contributed by atoms with van der Waals surface area (Å²) < 4.78 is 1.71. The molecule has 5 nitrogen and oxygen atoms in total. The highest BCUT2D eigenvalue weighted by atomic mass is 16.4. The van der Waals surface area contributed by atoms with Crippen molar-refractivity contribution in [3.63, 3.8) is 0 Å². The summed E-state index contributed by atoms with van der Waals surface area (Å²) in [7, 11) is 1.82. The molecule has 0 bridgehead atoms. The second kappa shape index (κ2) is 4.63. The van der Waals surface area contributed by atoms with Gasteiger partial charge in [-0.25, -0.2) is 4.79 Å². The van der Waals surface area contributed by atoms with E-state index < -0.39 is 5.97 Å². The van der Waals surface area contributed by atoms with E-state index in [0.717, 1.165) is 25.2 Å². The van der Waals surface area contributed by atoms with E-state index >= 15 is 0 Å². The number of nitrogens with zero attached hydrogens (tertiary/aromatic N) is 3. The fourth-order valence-electron chi connectivity index (χ4n) is 2.97. The summed E-state index contributed by atoms with van der Waals surface area (Å²) in [6.45, 7) is 7.05. The maximum Gasteiger partial charge on any atom is 0.341 e. The van der Waals surface area contributed by atoms with E-state index in [4.69, 9.17) is 0 Å². The Hall–Kier alpha value is -1.52. The Balaban J connectivity index is 2.47. The SMILES string of the molecule is Cc1nn(C)c(N2CCCC2C(C)C)c1C(=O)O. The Morgan fingerprint density at radius 2 is 2.17 bits per heavy atom. The first-order chi connectivity index (χ1) is 8.43. The highest BCUT2D eigenvalue weighted by Crippen LogP contribution is 2.32. The molecule has 100 valence electrons. The van der Waals surface area contributed by atoms with Crippen LogP contribution in [0.1, 0.15) is 42.7 Å². The van der Waals surface area contributed by atoms with Gasteiger partial charge in [0.1, 0.15) is 11.4 Å². The molecule has 1 aliphatic rings. The van der Waals surface area contributed by atoms with E-state index in [0.29, 0.717) is 23.2 Å². The van der Waals surface area contributed by atoms with Crippen LogP contribution in [0.3, 0.4) is 0 Å². The average molecular weight is 251 g/mol. The maximum atomic E-state index is 11.4. The minimum absolute atomic E-state index is 0.352. The standard InChI is InChI=1S/C13H21N3O2/c1-8(2)10-6-5-7-16(10)12-11(13(17)18)9(3)14-15(12)4/h8,10H,5-7H2,1-4H3,(H,17,18). The maximum absolute atomic E-state index is 11.4. The van der Waals surface area contributed by atoms with Crippen LogP contribution in [0.4, 0.5) is 5.82 Å². The van der Waals surface area contributed by atoms with Crippen LogP contribution in [0.25, 0.3) is 0 Å². The van der Waals surface area contributed by atoms with Gasteiger partial charge in [0.05, 0.1) is 5.69 Å². The van der Waals surface area contributed by atoms with E-state index in [1.54, 1.807) is 11.6 Å². The van der Waals surface area contributed by atoms with Crippen molar-refractivity contribution in [1.82, 2.24) is 9.78 Å². The molecular formula is C13H21N3O2. The van der Waals surface area contributed by atoms with Gasteiger partial charge in [-0.15, -0.1) is 0 Å². The molecule has 1 fully saturated rings. The quantitative estimate of drug-likeness (QED) is 0.893. The van der Waals surface area contributed by atoms with Gasteiger partial charge in [0.2, 0.25) is 0 Å². The van der Waals surface area contributed by atoms with Crippen molar-refractivity contribution in [1.29, 1.82) is 0 Å². The number of aromatic nitrogens is 2. The number of carboxylic acids is 1. The lowest BCUT2D eigenvalue weighted by atomic mass is 10.0. The summed E-state index contributed by atoms with van der Waals surface area (Å²) in [5.74, 6) is 0.394. The number of hydrogen-bond acceptors (Lipinski definition) is 3. The smallest absolute Gasteiger partial charge is 0.341 e. The van der Waals surface area contributed by atoms with Gasteiger partial charge in [-0.3, -0.25) is 4.68 Å². The third-order valence-electron chi connectivity index (χ3n) is 3.75. The molecule has 0 saturated carbocycles. The van der Waals surface area contributed by atoms with Gasteiger partial charge in [0, 0.05) is 19.6 Å². The lowest BCUT2D eigenvalue weighted by Crippen LogP contribution is -2.35. The minimum Gasteiger partial charge on any atom is -0.477 e. The highest BCUT2D eigenvalue weighted by Gasteiger charge is 2.33. The predicted molar refractivity (Wildman–Crippen MR) is 70.1 cm³/mol. The molecule has 1 unspecified atom stereocenters. The van der Waals surface area contributed by atoms with E-state index in [-0.39, 0.29) is 0 Å². The zero-order valence-electron chi connectivity index (χ0n) is 11.5. The molecule has 1 aliphatic heterocycles. The van der Waals surface area contributed by atoms with Crippen LogP contribution in [0.5, 0.6) is 0 Å². The normalized spacial score (nSPS) is 19.8. The van der Waals surface area contributed by atoms with Crippen LogP contribution in [0.2, 0.25) is 0 Å². The first kappa shape index (κ1) is 12.9. The lowest BCUT2D eigenvalue weighted by molar-refractivity contribution is 0.0696. The molecule has 1 saturated heterocycles. The van der Waals surface area contributed by atoms with Gasteiger partial charge < -0.3 is 10.0 Å². The van der Waals surface area contributed by atoms with E-state index in [2.05, 4.69) is 23.8 Å². The van der Waals surface area contributed by atoms with Crippen molar-refractivity contribution < 1.29 is 9.90 Å². The Labute approximate surface area is 107 Å². The number of anilines is 1. The Kier molecular flexibility index (Phi) is 3.32. The van der Waals surface area contributed by atoms with Crippen LogP contribution in [-0.2, 0) is 7.05 Å². The Morgan fingerprint density at radius 3 is 2.72 bits per heavy atom. The summed E-state index contributed by atoms with van der Waals surface area (Å²) in [6, 6.07) is 0.415. The van der Waals surface area contributed by atoms with Crippen LogP contribution >= 0.6 is 0 Å². The molecule has 0 spiro atoms. The van der Waals surface area contributed by atoms with Crippen molar-refractivity contribution in [2.24, 2.45) is 13.0 Å². The average Bonchev–Trinajstić information content (AvgIpc) is 2.81. The first-order valence-electron chi connectivity index (χ1n) is 6.47. The fourth-order valence-corrected chi connectivity index (χ4v) is 2.97. The monoisotopic (exact) mass is 251 g/mol. The third kappa shape index (κ3) is 1.98. The third-order valence-corrected chi connectivity index (χ3v) is 3.75. The van der Waals surface area contributed by atoms with E-state index in [1.165, 1.54) is 0 Å². The lowest BCUT2D eigenvalue weighted by Gasteiger charge is -2.29. The van der Waals surface area contributed by atoms with Gasteiger partial charge >= 0.3 is 5.97 Å². The number of carboxylic acid groups (broad SMARTS) is 1. The zero-order valence-corrected chi connectivity index (χ0v) is 11.5. The largest absolute Gasteiger partial charge is 0.477 e. The highest BCUT2D eigenvalue weighted by molar-refractivity contribution is 5.95. The summed E-state index contributed by atoms with van der Waals surface area (Å²) in [4.78, 5) is 13.6. The fraction of sp³-hybridized carbons (Fsp3) is 0.692. The van der Waals surface area contributed by atoms with Crippen molar-refractivity contribution in [2.45, 2.75) is 39.7 Å². The topological polar surface area (TPSA) is 58.4 Å². The van der Waals surface area contributed by atoms with Crippen molar-refractivity contribution in [3.8, 4) is 0 Å². The van der Waals surface area contributed by atoms with E-state index in [1.807, 2.05) is 7.05 Å². The second-order valence-corrected chi connectivity index (χ2v) is 5.36. The van der Waals surface area contributed by atoms with Crippen molar-refractivity contribution >= 4 is 11.8 Å². The van der Waals surface area contributed by atoms with Crippen LogP contribution < -0.4 is 4.90 Å². The van der Waals surface area contributed by atoms with Crippen LogP contribution in [-0.4, -0.2) is 33.4 Å². The molecule has 1 aromatic heterocycles. The molecule has 1 atom stereocenters. The molecule has 0 aliphatic carbocycles. The number of aryl methyl sites for hydroxylation is 2. The van der Waals surface area contributed by atoms with Gasteiger partial charge in [0.15, 0.2) is 0 Å². The second-order valence-electron chi connectivity index (χ2n) is 5.36. The summed E-state index contributed by atoms with van der Waals surface area (Å²) in [5.41, 5.74) is 0.944. The number of aromatic carboxylic acids is 1. The van der Waals surface area contributed by atoms with Crippen molar-refractivity contribution in [3.05, 3.63) is 11.3 Å². The molecule has 1 N–H and O–H groups in total. The minimum atomic E-state index is -0.884. The van der Waals surface area contributed by atoms with Crippen LogP contribution in [0.15, 0.2) is 0 Å². The van der Waals surface area contributed by atoms with Gasteiger partial charge in [-0.05, 0) is 25.7 Å². The Bertz CT molecular complexity index is 465. The molecule has 5 heteroatoms. The number of rotatable bonds is 3. The molecule has 0 amide bonds.